The van der Waals surface area contributed by atoms with Crippen LogP contribution < -0.4 is 10.7 Å². The Hall–Kier alpha value is -4.39. The van der Waals surface area contributed by atoms with Crippen molar-refractivity contribution in [3.8, 4) is 11.3 Å². The lowest BCUT2D eigenvalue weighted by molar-refractivity contribution is 0.0698. The van der Waals surface area contributed by atoms with Gasteiger partial charge in [0, 0.05) is 34.8 Å². The number of aromatic carboxylic acids is 1. The minimum Gasteiger partial charge on any atom is -0.478 e. The first-order valence-electron chi connectivity index (χ1n) is 10.9. The molecule has 34 heavy (non-hydrogen) atoms. The van der Waals surface area contributed by atoms with E-state index in [9.17, 15) is 14.7 Å². The maximum Gasteiger partial charge on any atom is 0.337 e. The Labute approximate surface area is 195 Å². The summed E-state index contributed by atoms with van der Waals surface area (Å²) in [6, 6.07) is 15.9. The number of anilines is 1. The van der Waals surface area contributed by atoms with Crippen LogP contribution in [0.25, 0.3) is 27.8 Å². The molecule has 3 heterocycles. The largest absolute Gasteiger partial charge is 0.478 e. The highest BCUT2D eigenvalue weighted by Crippen LogP contribution is 2.32. The highest BCUT2D eigenvalue weighted by molar-refractivity contribution is 5.94. The fraction of sp³-hybridized carbons (Fsp3) is 0.148. The zero-order valence-corrected chi connectivity index (χ0v) is 19.0. The van der Waals surface area contributed by atoms with Gasteiger partial charge in [0.15, 0.2) is 5.43 Å². The number of carboxylic acid groups (broad SMARTS) is 1. The Bertz CT molecular complexity index is 1630. The van der Waals surface area contributed by atoms with Crippen molar-refractivity contribution < 1.29 is 14.3 Å². The number of pyridine rings is 1. The number of carboxylic acids is 1. The van der Waals surface area contributed by atoms with Gasteiger partial charge in [0.1, 0.15) is 11.3 Å². The van der Waals surface area contributed by atoms with E-state index in [0.717, 1.165) is 22.2 Å². The van der Waals surface area contributed by atoms with Crippen molar-refractivity contribution in [2.45, 2.75) is 26.8 Å². The first-order chi connectivity index (χ1) is 16.3. The summed E-state index contributed by atoms with van der Waals surface area (Å²) >= 11 is 0. The molecule has 7 heteroatoms. The van der Waals surface area contributed by atoms with Gasteiger partial charge in [-0.15, -0.1) is 0 Å². The second-order valence-corrected chi connectivity index (χ2v) is 8.45. The molecule has 0 amide bonds. The number of aryl methyl sites for hydroxylation is 1. The maximum atomic E-state index is 13.4. The van der Waals surface area contributed by atoms with Gasteiger partial charge in [-0.05, 0) is 62.7 Å². The third-order valence-electron chi connectivity index (χ3n) is 6.05. The summed E-state index contributed by atoms with van der Waals surface area (Å²) in [6.07, 6.45) is 3.55. The third-order valence-corrected chi connectivity index (χ3v) is 6.05. The highest BCUT2D eigenvalue weighted by atomic mass is 16.4. The first-order valence-corrected chi connectivity index (χ1v) is 10.9. The molecule has 0 aliphatic carbocycles. The van der Waals surface area contributed by atoms with Crippen LogP contribution in [0, 0.1) is 13.8 Å². The Morgan fingerprint density at radius 1 is 1.12 bits per heavy atom. The van der Waals surface area contributed by atoms with E-state index in [0.29, 0.717) is 28.0 Å². The number of carbonyl (C=O) groups is 1. The Balaban J connectivity index is 1.68. The summed E-state index contributed by atoms with van der Waals surface area (Å²) in [5, 5.41) is 17.6. The molecule has 5 aromatic rings. The molecule has 1 atom stereocenters. The van der Waals surface area contributed by atoms with Gasteiger partial charge in [0.05, 0.1) is 22.5 Å². The van der Waals surface area contributed by atoms with E-state index in [1.807, 2.05) is 50.4 Å². The molecule has 3 aromatic heterocycles. The number of nitrogens with one attached hydrogen (secondary N) is 1. The topological polar surface area (TPSA) is 96.8 Å². The van der Waals surface area contributed by atoms with Gasteiger partial charge in [0.2, 0.25) is 0 Å². The molecule has 7 nitrogen and oxygen atoms in total. The number of aromatic nitrogens is 2. The van der Waals surface area contributed by atoms with Gasteiger partial charge in [-0.25, -0.2) is 9.31 Å². The molecule has 0 unspecified atom stereocenters. The van der Waals surface area contributed by atoms with Crippen molar-refractivity contribution in [3.05, 3.63) is 99.5 Å². The molecule has 2 N–H and O–H groups in total. The molecule has 0 spiro atoms. The molecule has 0 bridgehead atoms. The van der Waals surface area contributed by atoms with Crippen LogP contribution in [0.4, 0.5) is 5.69 Å². The number of para-hydroxylation sites is 1. The molecule has 0 saturated heterocycles. The maximum absolute atomic E-state index is 13.4. The second-order valence-electron chi connectivity index (χ2n) is 8.45. The fourth-order valence-corrected chi connectivity index (χ4v) is 4.32. The van der Waals surface area contributed by atoms with Crippen LogP contribution in [-0.2, 0) is 0 Å². The van der Waals surface area contributed by atoms with Crippen molar-refractivity contribution >= 4 is 28.1 Å². The van der Waals surface area contributed by atoms with Crippen molar-refractivity contribution in [2.24, 2.45) is 0 Å². The highest BCUT2D eigenvalue weighted by Gasteiger charge is 2.20. The Morgan fingerprint density at radius 3 is 2.71 bits per heavy atom. The van der Waals surface area contributed by atoms with Gasteiger partial charge in [0.25, 0.3) is 0 Å². The van der Waals surface area contributed by atoms with E-state index in [1.165, 1.54) is 0 Å². The van der Waals surface area contributed by atoms with E-state index in [-0.39, 0.29) is 17.0 Å². The van der Waals surface area contributed by atoms with Crippen molar-refractivity contribution in [3.63, 3.8) is 0 Å². The van der Waals surface area contributed by atoms with E-state index in [2.05, 4.69) is 10.4 Å². The lowest BCUT2D eigenvalue weighted by atomic mass is 9.98. The first kappa shape index (κ1) is 21.5. The van der Waals surface area contributed by atoms with Crippen LogP contribution in [0.3, 0.4) is 0 Å². The molecule has 0 fully saturated rings. The number of benzene rings is 2. The van der Waals surface area contributed by atoms with Crippen molar-refractivity contribution in [1.29, 1.82) is 0 Å². The normalized spacial score (nSPS) is 12.2. The van der Waals surface area contributed by atoms with Crippen LogP contribution >= 0.6 is 0 Å². The van der Waals surface area contributed by atoms with Gasteiger partial charge in [-0.3, -0.25) is 4.79 Å². The number of hydrogen-bond acceptors (Lipinski definition) is 5. The van der Waals surface area contributed by atoms with Gasteiger partial charge < -0.3 is 14.8 Å². The minimum absolute atomic E-state index is 0.0973. The Morgan fingerprint density at radius 2 is 1.91 bits per heavy atom. The van der Waals surface area contributed by atoms with Crippen LogP contribution in [0.15, 0.2) is 76.2 Å². The molecule has 0 aliphatic rings. The summed E-state index contributed by atoms with van der Waals surface area (Å²) in [7, 11) is 0. The average Bonchev–Trinajstić information content (AvgIpc) is 3.29. The van der Waals surface area contributed by atoms with Crippen LogP contribution in [0.1, 0.15) is 40.0 Å². The number of hydrogen-bond donors (Lipinski definition) is 2. The third kappa shape index (κ3) is 3.61. The molecule has 0 radical (unpaired) electrons. The smallest absolute Gasteiger partial charge is 0.337 e. The molecular formula is C27H23N3O4. The minimum atomic E-state index is -1.01. The summed E-state index contributed by atoms with van der Waals surface area (Å²) in [6.45, 7) is 5.61. The Kier molecular flexibility index (Phi) is 5.17. The summed E-state index contributed by atoms with van der Waals surface area (Å²) in [5.74, 6) is -0.527. The second kappa shape index (κ2) is 8.19. The summed E-state index contributed by atoms with van der Waals surface area (Å²) < 4.78 is 8.15. The van der Waals surface area contributed by atoms with Crippen LogP contribution in [-0.4, -0.2) is 20.7 Å². The molecule has 5 rings (SSSR count). The molecule has 0 aliphatic heterocycles. The molecule has 170 valence electrons. The van der Waals surface area contributed by atoms with E-state index in [1.54, 1.807) is 41.9 Å². The standard InChI is InChI=1S/C27H23N3O4/c1-15-12-21(17(3)29-23-7-5-4-6-20(23)27(32)33)26-22(13-15)24(31)16(2)25(34-26)18-8-9-19-10-11-28-30(19)14-18/h4-14,17,29H,1-3H3,(H,32,33)/t17-/m1/s1. The quantitative estimate of drug-likeness (QED) is 0.360. The number of nitrogens with zero attached hydrogens (tertiary/aromatic N) is 2. The fourth-order valence-electron chi connectivity index (χ4n) is 4.32. The SMILES string of the molecule is Cc1cc([C@@H](C)Nc2ccccc2C(=O)O)c2oc(-c3ccc4ccnn4c3)c(C)c(=O)c2c1. The lowest BCUT2D eigenvalue weighted by Gasteiger charge is -2.20. The van der Waals surface area contributed by atoms with Gasteiger partial charge >= 0.3 is 5.97 Å². The van der Waals surface area contributed by atoms with Gasteiger partial charge in [-0.1, -0.05) is 18.2 Å². The number of rotatable bonds is 5. The number of fused-ring (bicyclic) bond motifs is 2. The average molecular weight is 453 g/mol. The lowest BCUT2D eigenvalue weighted by Crippen LogP contribution is -2.14. The monoisotopic (exact) mass is 453 g/mol. The van der Waals surface area contributed by atoms with Crippen molar-refractivity contribution in [2.75, 3.05) is 5.32 Å². The predicted molar refractivity (Wildman–Crippen MR) is 132 cm³/mol. The summed E-state index contributed by atoms with van der Waals surface area (Å²) in [4.78, 5) is 25.0. The molecule has 0 saturated carbocycles. The van der Waals surface area contributed by atoms with Crippen LogP contribution in [0.2, 0.25) is 0 Å². The van der Waals surface area contributed by atoms with Crippen molar-refractivity contribution in [1.82, 2.24) is 9.61 Å². The van der Waals surface area contributed by atoms with E-state index < -0.39 is 5.97 Å². The molecular weight excluding hydrogens is 430 g/mol. The van der Waals surface area contributed by atoms with Gasteiger partial charge in [-0.2, -0.15) is 5.10 Å². The molecule has 2 aromatic carbocycles. The summed E-state index contributed by atoms with van der Waals surface area (Å²) in [5.41, 5.74) is 4.95. The predicted octanol–water partition coefficient (Wildman–Crippen LogP) is 5.60. The van der Waals surface area contributed by atoms with E-state index >= 15 is 0 Å². The van der Waals surface area contributed by atoms with Crippen LogP contribution in [0.5, 0.6) is 0 Å². The zero-order chi connectivity index (χ0) is 24.0. The zero-order valence-electron chi connectivity index (χ0n) is 19.0. The van der Waals surface area contributed by atoms with E-state index in [4.69, 9.17) is 4.42 Å².